The fourth-order valence-corrected chi connectivity index (χ4v) is 5.84. The maximum absolute atomic E-state index is 12.7. The Morgan fingerprint density at radius 1 is 1.08 bits per heavy atom. The number of rotatable bonds is 5. The topological polar surface area (TPSA) is 77.4 Å². The molecule has 5 rings (SSSR count). The van der Waals surface area contributed by atoms with Gasteiger partial charge >= 0.3 is 6.09 Å². The van der Waals surface area contributed by atoms with E-state index in [1.807, 2.05) is 45.3 Å². The summed E-state index contributed by atoms with van der Waals surface area (Å²) in [6.07, 6.45) is 8.95. The molecule has 0 saturated carbocycles. The highest BCUT2D eigenvalue weighted by molar-refractivity contribution is 7.15. The van der Waals surface area contributed by atoms with E-state index in [1.54, 1.807) is 35.7 Å². The van der Waals surface area contributed by atoms with Gasteiger partial charge in [-0.15, -0.1) is 11.3 Å². The molecule has 8 heteroatoms. The molecular weight excluding hydrogens is 484 g/mol. The number of thiazole rings is 1. The van der Waals surface area contributed by atoms with Crippen molar-refractivity contribution < 1.29 is 14.3 Å². The molecule has 0 radical (unpaired) electrons. The molecule has 0 unspecified atom stereocenters. The minimum absolute atomic E-state index is 0.351. The molecule has 1 saturated heterocycles. The molecule has 1 aliphatic rings. The number of nitrogens with zero attached hydrogens (tertiary/aromatic N) is 4. The Kier molecular flexibility index (Phi) is 7.22. The number of fused-ring (bicyclic) bond motifs is 1. The lowest BCUT2D eigenvalue weighted by atomic mass is 9.97. The Hall–Kier alpha value is -3.36. The van der Waals surface area contributed by atoms with Crippen LogP contribution in [-0.2, 0) is 16.0 Å². The van der Waals surface area contributed by atoms with Crippen LogP contribution in [0.3, 0.4) is 0 Å². The number of aromatic nitrogens is 3. The van der Waals surface area contributed by atoms with Crippen LogP contribution in [0.25, 0.3) is 32.5 Å². The first-order chi connectivity index (χ1) is 17.8. The molecule has 0 atom stereocenters. The first kappa shape index (κ1) is 25.3. The lowest BCUT2D eigenvalue weighted by Gasteiger charge is -2.25. The summed E-state index contributed by atoms with van der Waals surface area (Å²) < 4.78 is 11.2. The van der Waals surface area contributed by atoms with Crippen LogP contribution in [-0.4, -0.2) is 51.8 Å². The highest BCUT2D eigenvalue weighted by atomic mass is 32.1. The van der Waals surface area contributed by atoms with Crippen LogP contribution in [0.4, 0.5) is 4.79 Å². The van der Waals surface area contributed by atoms with Crippen molar-refractivity contribution in [2.75, 3.05) is 20.3 Å². The Balaban J connectivity index is 1.51. The van der Waals surface area contributed by atoms with Gasteiger partial charge in [-0.3, -0.25) is 9.97 Å². The highest BCUT2D eigenvalue weighted by Gasteiger charge is 2.27. The minimum Gasteiger partial charge on any atom is -0.444 e. The number of benzene rings is 1. The van der Waals surface area contributed by atoms with Crippen molar-refractivity contribution in [2.24, 2.45) is 0 Å². The number of hydrogen-bond acceptors (Lipinski definition) is 7. The van der Waals surface area contributed by atoms with Crippen LogP contribution in [0, 0.1) is 0 Å². The largest absolute Gasteiger partial charge is 0.444 e. The van der Waals surface area contributed by atoms with Crippen molar-refractivity contribution in [2.45, 2.75) is 51.7 Å². The molecule has 1 amide bonds. The molecule has 1 aliphatic heterocycles. The van der Waals surface area contributed by atoms with Gasteiger partial charge in [0.1, 0.15) is 10.6 Å². The van der Waals surface area contributed by atoms with Gasteiger partial charge in [0, 0.05) is 60.9 Å². The van der Waals surface area contributed by atoms with E-state index in [0.717, 1.165) is 64.2 Å². The number of amides is 1. The summed E-state index contributed by atoms with van der Waals surface area (Å²) in [5.74, 6) is 0.364. The minimum atomic E-state index is -0.550. The van der Waals surface area contributed by atoms with E-state index in [0.29, 0.717) is 12.5 Å². The second kappa shape index (κ2) is 10.6. The van der Waals surface area contributed by atoms with E-state index < -0.39 is 5.60 Å². The second-order valence-corrected chi connectivity index (χ2v) is 11.4. The monoisotopic (exact) mass is 516 g/mol. The highest BCUT2D eigenvalue weighted by Crippen LogP contribution is 2.40. The summed E-state index contributed by atoms with van der Waals surface area (Å²) in [5.41, 5.74) is 3.61. The molecule has 0 bridgehead atoms. The van der Waals surface area contributed by atoms with Crippen LogP contribution in [0.5, 0.6) is 0 Å². The molecule has 7 nitrogen and oxygen atoms in total. The van der Waals surface area contributed by atoms with Crippen molar-refractivity contribution in [1.29, 1.82) is 0 Å². The fourth-order valence-electron chi connectivity index (χ4n) is 4.57. The summed E-state index contributed by atoms with van der Waals surface area (Å²) in [6, 6.07) is 10.4. The van der Waals surface area contributed by atoms with E-state index in [-0.39, 0.29) is 6.09 Å². The van der Waals surface area contributed by atoms with Gasteiger partial charge in [0.15, 0.2) is 0 Å². The zero-order chi connectivity index (χ0) is 26.0. The lowest BCUT2D eigenvalue weighted by Crippen LogP contribution is -2.34. The predicted molar refractivity (Wildman–Crippen MR) is 147 cm³/mol. The smallest absolute Gasteiger partial charge is 0.410 e. The first-order valence-electron chi connectivity index (χ1n) is 12.6. The number of hydrogen-bond donors (Lipinski definition) is 0. The SMILES string of the molecule is CN(Cc1nc(-c2cncc3cc(-c4ccncc4)ccc23)sc1C1CCOCC1)C(=O)OC(C)(C)C. The molecule has 192 valence electrons. The predicted octanol–water partition coefficient (Wildman–Crippen LogP) is 6.68. The number of pyridine rings is 2. The van der Waals surface area contributed by atoms with E-state index >= 15 is 0 Å². The summed E-state index contributed by atoms with van der Waals surface area (Å²) in [7, 11) is 1.76. The molecule has 0 aliphatic carbocycles. The van der Waals surface area contributed by atoms with Crippen molar-refractivity contribution in [3.05, 3.63) is 65.7 Å². The zero-order valence-corrected chi connectivity index (χ0v) is 22.5. The Bertz CT molecular complexity index is 1390. The summed E-state index contributed by atoms with van der Waals surface area (Å²) >= 11 is 1.71. The Labute approximate surface area is 221 Å². The van der Waals surface area contributed by atoms with Gasteiger partial charge in [-0.25, -0.2) is 9.78 Å². The third-order valence-electron chi connectivity index (χ3n) is 6.41. The average Bonchev–Trinajstić information content (AvgIpc) is 3.31. The summed E-state index contributed by atoms with van der Waals surface area (Å²) in [5, 5.41) is 3.08. The van der Waals surface area contributed by atoms with Crippen molar-refractivity contribution in [3.63, 3.8) is 0 Å². The van der Waals surface area contributed by atoms with E-state index in [1.165, 1.54) is 4.88 Å². The zero-order valence-electron chi connectivity index (χ0n) is 21.7. The fraction of sp³-hybridized carbons (Fsp3) is 0.379. The van der Waals surface area contributed by atoms with E-state index in [9.17, 15) is 4.79 Å². The van der Waals surface area contributed by atoms with E-state index in [2.05, 4.69) is 28.2 Å². The summed E-state index contributed by atoms with van der Waals surface area (Å²) in [6.45, 7) is 7.50. The molecule has 0 spiro atoms. The van der Waals surface area contributed by atoms with Crippen LogP contribution < -0.4 is 0 Å². The van der Waals surface area contributed by atoms with Gasteiger partial charge in [-0.2, -0.15) is 0 Å². The molecule has 37 heavy (non-hydrogen) atoms. The van der Waals surface area contributed by atoms with Crippen molar-refractivity contribution in [1.82, 2.24) is 19.9 Å². The first-order valence-corrected chi connectivity index (χ1v) is 13.4. The molecule has 1 aromatic carbocycles. The number of carbonyl (C=O) groups is 1. The van der Waals surface area contributed by atoms with Crippen molar-refractivity contribution >= 4 is 28.2 Å². The van der Waals surface area contributed by atoms with Crippen LogP contribution in [0.1, 0.15) is 50.1 Å². The molecular formula is C29H32N4O3S. The summed E-state index contributed by atoms with van der Waals surface area (Å²) in [4.78, 5) is 29.3. The van der Waals surface area contributed by atoms with Crippen LogP contribution >= 0.6 is 11.3 Å². The average molecular weight is 517 g/mol. The van der Waals surface area contributed by atoms with Gasteiger partial charge < -0.3 is 14.4 Å². The number of ether oxygens (including phenoxy) is 2. The third-order valence-corrected chi connectivity index (χ3v) is 7.71. The van der Waals surface area contributed by atoms with Gasteiger partial charge in [-0.05, 0) is 74.2 Å². The van der Waals surface area contributed by atoms with Gasteiger partial charge in [-0.1, -0.05) is 12.1 Å². The lowest BCUT2D eigenvalue weighted by molar-refractivity contribution is 0.0282. The Morgan fingerprint density at radius 3 is 2.57 bits per heavy atom. The van der Waals surface area contributed by atoms with Crippen LogP contribution in [0.15, 0.2) is 55.1 Å². The number of carbonyl (C=O) groups excluding carboxylic acids is 1. The maximum atomic E-state index is 12.7. The molecule has 0 N–H and O–H groups in total. The third kappa shape index (κ3) is 5.81. The standard InChI is InChI=1S/C29H32N4O3S/c1-29(2,3)36-28(34)33(4)18-25-26(20-9-13-35-14-10-20)37-27(32-25)24-17-31-16-22-15-21(5-6-23(22)24)19-7-11-30-12-8-19/h5-8,11-12,15-17,20H,9-10,13-14,18H2,1-4H3. The second-order valence-electron chi connectivity index (χ2n) is 10.4. The molecule has 4 heterocycles. The van der Waals surface area contributed by atoms with Crippen molar-refractivity contribution in [3.8, 4) is 21.7 Å². The molecule has 4 aromatic rings. The quantitative estimate of drug-likeness (QED) is 0.294. The molecule has 3 aromatic heterocycles. The molecule has 1 fully saturated rings. The Morgan fingerprint density at radius 2 is 1.84 bits per heavy atom. The van der Waals surface area contributed by atoms with Crippen LogP contribution in [0.2, 0.25) is 0 Å². The van der Waals surface area contributed by atoms with E-state index in [4.69, 9.17) is 14.5 Å². The van der Waals surface area contributed by atoms with Gasteiger partial charge in [0.05, 0.1) is 12.2 Å². The maximum Gasteiger partial charge on any atom is 0.410 e. The van der Waals surface area contributed by atoms with Gasteiger partial charge in [0.2, 0.25) is 0 Å². The van der Waals surface area contributed by atoms with Gasteiger partial charge in [0.25, 0.3) is 0 Å². The normalized spacial score (nSPS) is 14.6.